The second kappa shape index (κ2) is 8.31. The number of rotatable bonds is 8. The van der Waals surface area contributed by atoms with Gasteiger partial charge in [-0.1, -0.05) is 32.8 Å². The smallest absolute Gasteiger partial charge is 0.00667 e. The third kappa shape index (κ3) is 5.87. The van der Waals surface area contributed by atoms with Crippen LogP contribution in [0, 0.1) is 5.92 Å². The van der Waals surface area contributed by atoms with Crippen LogP contribution in [0.4, 0.5) is 0 Å². The van der Waals surface area contributed by atoms with Crippen LogP contribution < -0.4 is 5.32 Å². The Hall–Kier alpha value is -0.300. The lowest BCUT2D eigenvalue weighted by atomic mass is 9.95. The molecule has 0 aliphatic carbocycles. The highest BCUT2D eigenvalue weighted by Crippen LogP contribution is 2.12. The van der Waals surface area contributed by atoms with Crippen molar-refractivity contribution in [1.82, 2.24) is 5.32 Å². The SMILES string of the molecule is C=CCCCNC(C)C(CC)CC. The Morgan fingerprint density at radius 1 is 1.31 bits per heavy atom. The zero-order valence-electron chi connectivity index (χ0n) is 9.47. The summed E-state index contributed by atoms with van der Waals surface area (Å²) in [6.45, 7) is 11.7. The Bertz CT molecular complexity index is 116. The average molecular weight is 183 g/mol. The van der Waals surface area contributed by atoms with Gasteiger partial charge in [-0.2, -0.15) is 0 Å². The minimum absolute atomic E-state index is 0.666. The van der Waals surface area contributed by atoms with E-state index in [0.717, 1.165) is 18.9 Å². The third-order valence-electron chi connectivity index (χ3n) is 2.81. The molecule has 0 aromatic carbocycles. The first-order chi connectivity index (χ1) is 6.26. The van der Waals surface area contributed by atoms with Crippen LogP contribution in [-0.4, -0.2) is 12.6 Å². The Morgan fingerprint density at radius 2 is 1.92 bits per heavy atom. The van der Waals surface area contributed by atoms with Crippen molar-refractivity contribution in [2.24, 2.45) is 5.92 Å². The number of nitrogens with one attached hydrogen (secondary N) is 1. The summed E-state index contributed by atoms with van der Waals surface area (Å²) in [6.07, 6.45) is 6.90. The molecule has 1 N–H and O–H groups in total. The molecule has 1 heteroatoms. The van der Waals surface area contributed by atoms with Gasteiger partial charge in [0.25, 0.3) is 0 Å². The summed E-state index contributed by atoms with van der Waals surface area (Å²) in [6, 6.07) is 0.666. The Balaban J connectivity index is 3.47. The molecule has 13 heavy (non-hydrogen) atoms. The Morgan fingerprint density at radius 3 is 2.38 bits per heavy atom. The zero-order valence-corrected chi connectivity index (χ0v) is 9.47. The molecule has 0 spiro atoms. The van der Waals surface area contributed by atoms with E-state index >= 15 is 0 Å². The van der Waals surface area contributed by atoms with Gasteiger partial charge in [0, 0.05) is 6.04 Å². The van der Waals surface area contributed by atoms with E-state index in [1.807, 2.05) is 6.08 Å². The first kappa shape index (κ1) is 12.7. The molecule has 0 rings (SSSR count). The fourth-order valence-electron chi connectivity index (χ4n) is 1.74. The maximum atomic E-state index is 3.72. The maximum Gasteiger partial charge on any atom is 0.00667 e. The van der Waals surface area contributed by atoms with E-state index in [9.17, 15) is 0 Å². The lowest BCUT2D eigenvalue weighted by molar-refractivity contribution is 0.354. The van der Waals surface area contributed by atoms with Gasteiger partial charge in [0.1, 0.15) is 0 Å². The molecule has 78 valence electrons. The topological polar surface area (TPSA) is 12.0 Å². The van der Waals surface area contributed by atoms with E-state index in [4.69, 9.17) is 0 Å². The van der Waals surface area contributed by atoms with Gasteiger partial charge in [0.05, 0.1) is 0 Å². The normalized spacial score (nSPS) is 13.2. The molecule has 0 amide bonds. The zero-order chi connectivity index (χ0) is 10.1. The monoisotopic (exact) mass is 183 g/mol. The molecule has 0 aliphatic rings. The van der Waals surface area contributed by atoms with E-state index in [0.29, 0.717) is 6.04 Å². The van der Waals surface area contributed by atoms with E-state index < -0.39 is 0 Å². The average Bonchev–Trinajstić information content (AvgIpc) is 2.14. The lowest BCUT2D eigenvalue weighted by Gasteiger charge is -2.22. The van der Waals surface area contributed by atoms with Crippen LogP contribution in [0.15, 0.2) is 12.7 Å². The van der Waals surface area contributed by atoms with Crippen LogP contribution in [0.2, 0.25) is 0 Å². The predicted molar refractivity (Wildman–Crippen MR) is 61.0 cm³/mol. The molecule has 0 radical (unpaired) electrons. The summed E-state index contributed by atoms with van der Waals surface area (Å²) in [5, 5.41) is 3.57. The quantitative estimate of drug-likeness (QED) is 0.449. The molecule has 0 aromatic rings. The van der Waals surface area contributed by atoms with Crippen molar-refractivity contribution in [2.45, 2.75) is 52.5 Å². The minimum Gasteiger partial charge on any atom is -0.314 e. The van der Waals surface area contributed by atoms with Gasteiger partial charge in [0.2, 0.25) is 0 Å². The minimum atomic E-state index is 0.666. The number of unbranched alkanes of at least 4 members (excludes halogenated alkanes) is 1. The third-order valence-corrected chi connectivity index (χ3v) is 2.81. The molecular formula is C12H25N. The van der Waals surface area contributed by atoms with E-state index in [1.54, 1.807) is 0 Å². The van der Waals surface area contributed by atoms with Crippen molar-refractivity contribution < 1.29 is 0 Å². The fraction of sp³-hybridized carbons (Fsp3) is 0.833. The molecule has 0 saturated heterocycles. The van der Waals surface area contributed by atoms with Crippen LogP contribution in [-0.2, 0) is 0 Å². The molecule has 1 nitrogen and oxygen atoms in total. The second-order valence-corrected chi connectivity index (χ2v) is 3.75. The summed E-state index contributed by atoms with van der Waals surface area (Å²) in [7, 11) is 0. The predicted octanol–water partition coefficient (Wildman–Crippen LogP) is 3.37. The van der Waals surface area contributed by atoms with E-state index in [2.05, 4.69) is 32.7 Å². The summed E-state index contributed by atoms with van der Waals surface area (Å²) < 4.78 is 0. The molecule has 0 heterocycles. The highest BCUT2D eigenvalue weighted by Gasteiger charge is 2.11. The lowest BCUT2D eigenvalue weighted by Crippen LogP contribution is -2.33. The van der Waals surface area contributed by atoms with Crippen molar-refractivity contribution >= 4 is 0 Å². The molecule has 0 aromatic heterocycles. The van der Waals surface area contributed by atoms with Crippen LogP contribution in [0.1, 0.15) is 46.5 Å². The molecule has 0 saturated carbocycles. The maximum absolute atomic E-state index is 3.72. The van der Waals surface area contributed by atoms with Crippen molar-refractivity contribution in [2.75, 3.05) is 6.54 Å². The van der Waals surface area contributed by atoms with E-state index in [-0.39, 0.29) is 0 Å². The molecular weight excluding hydrogens is 158 g/mol. The molecule has 0 aliphatic heterocycles. The number of allylic oxidation sites excluding steroid dienone is 1. The van der Waals surface area contributed by atoms with Gasteiger partial charge in [-0.3, -0.25) is 0 Å². The fourth-order valence-corrected chi connectivity index (χ4v) is 1.74. The highest BCUT2D eigenvalue weighted by atomic mass is 14.9. The van der Waals surface area contributed by atoms with Crippen molar-refractivity contribution in [3.05, 3.63) is 12.7 Å². The molecule has 0 fully saturated rings. The van der Waals surface area contributed by atoms with Gasteiger partial charge in [0.15, 0.2) is 0 Å². The van der Waals surface area contributed by atoms with Crippen molar-refractivity contribution in [3.8, 4) is 0 Å². The van der Waals surface area contributed by atoms with Crippen molar-refractivity contribution in [1.29, 1.82) is 0 Å². The second-order valence-electron chi connectivity index (χ2n) is 3.75. The first-order valence-electron chi connectivity index (χ1n) is 5.60. The summed E-state index contributed by atoms with van der Waals surface area (Å²) in [5.41, 5.74) is 0. The molecule has 1 unspecified atom stereocenters. The summed E-state index contributed by atoms with van der Waals surface area (Å²) in [4.78, 5) is 0. The van der Waals surface area contributed by atoms with Gasteiger partial charge in [-0.05, 0) is 32.2 Å². The van der Waals surface area contributed by atoms with E-state index in [1.165, 1.54) is 19.3 Å². The van der Waals surface area contributed by atoms with Crippen LogP contribution in [0.3, 0.4) is 0 Å². The standard InChI is InChI=1S/C12H25N/c1-5-8-9-10-13-11(4)12(6-2)7-3/h5,11-13H,1,6-10H2,2-4H3. The summed E-state index contributed by atoms with van der Waals surface area (Å²) in [5.74, 6) is 0.837. The van der Waals surface area contributed by atoms with Gasteiger partial charge in [-0.25, -0.2) is 0 Å². The van der Waals surface area contributed by atoms with Crippen LogP contribution in [0.5, 0.6) is 0 Å². The molecule has 1 atom stereocenters. The number of hydrogen-bond acceptors (Lipinski definition) is 1. The van der Waals surface area contributed by atoms with Gasteiger partial charge >= 0.3 is 0 Å². The van der Waals surface area contributed by atoms with Crippen LogP contribution >= 0.6 is 0 Å². The Kier molecular flexibility index (Phi) is 8.11. The van der Waals surface area contributed by atoms with Crippen molar-refractivity contribution in [3.63, 3.8) is 0 Å². The summed E-state index contributed by atoms with van der Waals surface area (Å²) >= 11 is 0. The number of hydrogen-bond donors (Lipinski definition) is 1. The first-order valence-corrected chi connectivity index (χ1v) is 5.60. The van der Waals surface area contributed by atoms with Crippen LogP contribution in [0.25, 0.3) is 0 Å². The highest BCUT2D eigenvalue weighted by molar-refractivity contribution is 4.71. The largest absolute Gasteiger partial charge is 0.314 e. The molecule has 0 bridgehead atoms. The Labute approximate surface area is 83.6 Å². The van der Waals surface area contributed by atoms with Gasteiger partial charge < -0.3 is 5.32 Å². The van der Waals surface area contributed by atoms with Gasteiger partial charge in [-0.15, -0.1) is 6.58 Å².